The first kappa shape index (κ1) is 32.0. The van der Waals surface area contributed by atoms with Crippen molar-refractivity contribution in [3.8, 4) is 29.1 Å². The Morgan fingerprint density at radius 3 is 2.59 bits per heavy atom. The fourth-order valence-electron chi connectivity index (χ4n) is 4.05. The molecule has 1 aliphatic heterocycles. The minimum Gasteiger partial charge on any atom is -0.489 e. The van der Waals surface area contributed by atoms with Crippen molar-refractivity contribution in [1.82, 2.24) is 10.3 Å². The van der Waals surface area contributed by atoms with Crippen LogP contribution in [0, 0.1) is 29.0 Å². The number of carbonyl (C=O) groups excluding carboxylic acids is 3. The number of halogens is 1. The number of anilines is 1. The van der Waals surface area contributed by atoms with Crippen LogP contribution in [0.4, 0.5) is 10.1 Å². The number of amides is 2. The smallest absolute Gasteiger partial charge is 0.323 e. The second-order valence-corrected chi connectivity index (χ2v) is 11.4. The van der Waals surface area contributed by atoms with Crippen LogP contribution in [0.1, 0.15) is 43.7 Å². The summed E-state index contributed by atoms with van der Waals surface area (Å²) >= 11 is 0. The second-order valence-electron chi connectivity index (χ2n) is 11.4. The predicted octanol–water partition coefficient (Wildman–Crippen LogP) is 4.07. The lowest BCUT2D eigenvalue weighted by molar-refractivity contribution is -0.148. The highest BCUT2D eigenvalue weighted by molar-refractivity contribution is 6.03. The first-order valence-corrected chi connectivity index (χ1v) is 14.0. The molecule has 3 aromatic rings. The second kappa shape index (κ2) is 13.6. The fourth-order valence-corrected chi connectivity index (χ4v) is 4.05. The molecular formula is C33H35FN4O6. The van der Waals surface area contributed by atoms with E-state index in [0.717, 1.165) is 0 Å². The third kappa shape index (κ3) is 8.11. The van der Waals surface area contributed by atoms with E-state index in [4.69, 9.17) is 19.9 Å². The van der Waals surface area contributed by atoms with Gasteiger partial charge in [0, 0.05) is 24.9 Å². The molecule has 2 heterocycles. The first-order valence-electron chi connectivity index (χ1n) is 14.0. The fraction of sp³-hybridized carbons (Fsp3) is 0.333. The minimum absolute atomic E-state index is 0.0267. The molecular weight excluding hydrogens is 567 g/mol. The maximum Gasteiger partial charge on any atom is 0.323 e. The van der Waals surface area contributed by atoms with Gasteiger partial charge in [0.05, 0.1) is 11.1 Å². The number of rotatable bonds is 8. The largest absolute Gasteiger partial charge is 0.489 e. The van der Waals surface area contributed by atoms with Crippen molar-refractivity contribution >= 4 is 23.5 Å². The molecule has 2 aromatic carbocycles. The molecule has 3 N–H and O–H groups in total. The van der Waals surface area contributed by atoms with Crippen molar-refractivity contribution in [3.63, 3.8) is 0 Å². The molecule has 0 unspecified atom stereocenters. The summed E-state index contributed by atoms with van der Waals surface area (Å²) in [5.41, 5.74) is 6.34. The van der Waals surface area contributed by atoms with Gasteiger partial charge < -0.3 is 30.2 Å². The molecule has 1 aliphatic rings. The molecule has 0 bridgehead atoms. The summed E-state index contributed by atoms with van der Waals surface area (Å²) in [5.74, 6) is 5.46. The van der Waals surface area contributed by atoms with E-state index in [1.54, 1.807) is 31.3 Å². The van der Waals surface area contributed by atoms with Gasteiger partial charge in [0.1, 0.15) is 54.1 Å². The quantitative estimate of drug-likeness (QED) is 0.291. The zero-order chi connectivity index (χ0) is 32.0. The Kier molecular flexibility index (Phi) is 9.86. The Morgan fingerprint density at radius 1 is 1.16 bits per heavy atom. The number of pyridine rings is 1. The molecule has 0 aliphatic carbocycles. The standard InChI is InChI=1S/C33H35FN4O6/c1-20(2)29(35)32(41)43-19-33(3,4)14-12-21-6-11-28-27(16-21)38(5)31(40)26(18-42-28)37-30(39)25-17-24(13-15-36-25)44-23-9-7-22(34)8-10-23/h6-11,13,15-17,20,26,29H,18-19,35H2,1-5H3,(H,37,39)/t26-,29-/m0/s1. The molecule has 1 aromatic heterocycles. The highest BCUT2D eigenvalue weighted by atomic mass is 19.1. The molecule has 2 amide bonds. The number of carbonyl (C=O) groups is 3. The van der Waals surface area contributed by atoms with Crippen LogP contribution in [0.3, 0.4) is 0 Å². The van der Waals surface area contributed by atoms with Crippen LogP contribution in [0.15, 0.2) is 60.8 Å². The van der Waals surface area contributed by atoms with Crippen molar-refractivity contribution in [1.29, 1.82) is 0 Å². The van der Waals surface area contributed by atoms with Crippen LogP contribution in [0.2, 0.25) is 0 Å². The molecule has 230 valence electrons. The van der Waals surface area contributed by atoms with E-state index in [9.17, 15) is 18.8 Å². The highest BCUT2D eigenvalue weighted by Gasteiger charge is 2.31. The third-order valence-corrected chi connectivity index (χ3v) is 6.78. The van der Waals surface area contributed by atoms with E-state index < -0.39 is 41.1 Å². The predicted molar refractivity (Wildman–Crippen MR) is 162 cm³/mol. The number of hydrogen-bond donors (Lipinski definition) is 2. The minimum atomic E-state index is -0.997. The van der Waals surface area contributed by atoms with Crippen molar-refractivity contribution in [2.45, 2.75) is 39.8 Å². The highest BCUT2D eigenvalue weighted by Crippen LogP contribution is 2.32. The summed E-state index contributed by atoms with van der Waals surface area (Å²) in [6.07, 6.45) is 1.40. The van der Waals surface area contributed by atoms with Crippen molar-refractivity contribution < 1.29 is 33.0 Å². The number of nitrogens with zero attached hydrogens (tertiary/aromatic N) is 2. The Hall–Kier alpha value is -4.95. The summed E-state index contributed by atoms with van der Waals surface area (Å²) < 4.78 is 30.1. The number of fused-ring (bicyclic) bond motifs is 1. The Labute approximate surface area is 255 Å². The van der Waals surface area contributed by atoms with Crippen LogP contribution in [-0.2, 0) is 14.3 Å². The van der Waals surface area contributed by atoms with Gasteiger partial charge in [-0.2, -0.15) is 0 Å². The lowest BCUT2D eigenvalue weighted by Gasteiger charge is -2.21. The van der Waals surface area contributed by atoms with Crippen LogP contribution in [0.5, 0.6) is 17.2 Å². The lowest BCUT2D eigenvalue weighted by Crippen LogP contribution is -2.49. The summed E-state index contributed by atoms with van der Waals surface area (Å²) in [5, 5.41) is 2.69. The van der Waals surface area contributed by atoms with E-state index >= 15 is 0 Å². The number of benzene rings is 2. The lowest BCUT2D eigenvalue weighted by atomic mass is 9.95. The van der Waals surface area contributed by atoms with Gasteiger partial charge in [-0.25, -0.2) is 4.39 Å². The van der Waals surface area contributed by atoms with Gasteiger partial charge in [-0.3, -0.25) is 19.4 Å². The molecule has 11 heteroatoms. The number of likely N-dealkylation sites (N-methyl/N-ethyl adjacent to an activating group) is 1. The Morgan fingerprint density at radius 2 is 1.89 bits per heavy atom. The zero-order valence-corrected chi connectivity index (χ0v) is 25.2. The van der Waals surface area contributed by atoms with Crippen LogP contribution >= 0.6 is 0 Å². The maximum atomic E-state index is 13.4. The molecule has 4 rings (SSSR count). The molecule has 0 saturated carbocycles. The SMILES string of the molecule is CC(C)[C@H](N)C(=O)OCC(C)(C)C#Cc1ccc2c(c1)N(C)C(=O)[C@@H](NC(=O)c1cc(Oc3ccc(F)cc3)ccn1)CO2. The van der Waals surface area contributed by atoms with Gasteiger partial charge in [-0.05, 0) is 68.3 Å². The van der Waals surface area contributed by atoms with Crippen LogP contribution < -0.4 is 25.4 Å². The summed E-state index contributed by atoms with van der Waals surface area (Å²) in [7, 11) is 1.59. The Balaban J connectivity index is 1.42. The van der Waals surface area contributed by atoms with Gasteiger partial charge in [0.2, 0.25) is 0 Å². The Bertz CT molecular complexity index is 1600. The van der Waals surface area contributed by atoms with Crippen molar-refractivity contribution in [3.05, 3.63) is 77.9 Å². The van der Waals surface area contributed by atoms with Crippen LogP contribution in [-0.4, -0.2) is 55.1 Å². The summed E-state index contributed by atoms with van der Waals surface area (Å²) in [4.78, 5) is 44.0. The van der Waals surface area contributed by atoms with E-state index in [2.05, 4.69) is 22.1 Å². The van der Waals surface area contributed by atoms with Gasteiger partial charge in [0.15, 0.2) is 0 Å². The zero-order valence-electron chi connectivity index (χ0n) is 25.2. The van der Waals surface area contributed by atoms with Gasteiger partial charge in [0.25, 0.3) is 11.8 Å². The molecule has 0 spiro atoms. The van der Waals surface area contributed by atoms with E-state index in [1.165, 1.54) is 41.4 Å². The number of aromatic nitrogens is 1. The molecule has 10 nitrogen and oxygen atoms in total. The van der Waals surface area contributed by atoms with Crippen LogP contribution in [0.25, 0.3) is 0 Å². The van der Waals surface area contributed by atoms with Gasteiger partial charge in [-0.15, -0.1) is 0 Å². The average Bonchev–Trinajstić information content (AvgIpc) is 3.11. The number of hydrogen-bond acceptors (Lipinski definition) is 8. The van der Waals surface area contributed by atoms with E-state index in [0.29, 0.717) is 28.5 Å². The van der Waals surface area contributed by atoms with Gasteiger partial charge >= 0.3 is 5.97 Å². The molecule has 0 radical (unpaired) electrons. The molecule has 0 saturated heterocycles. The van der Waals surface area contributed by atoms with Crippen molar-refractivity contribution in [2.24, 2.45) is 17.1 Å². The first-order chi connectivity index (χ1) is 20.8. The normalized spacial score (nSPS) is 15.2. The molecule has 0 fully saturated rings. The van der Waals surface area contributed by atoms with Crippen molar-refractivity contribution in [2.75, 3.05) is 25.2 Å². The number of esters is 1. The number of ether oxygens (including phenoxy) is 3. The van der Waals surface area contributed by atoms with Gasteiger partial charge in [-0.1, -0.05) is 25.7 Å². The summed E-state index contributed by atoms with van der Waals surface area (Å²) in [6, 6.07) is 11.9. The van der Waals surface area contributed by atoms with E-state index in [-0.39, 0.29) is 24.8 Å². The maximum absolute atomic E-state index is 13.4. The monoisotopic (exact) mass is 602 g/mol. The molecule has 44 heavy (non-hydrogen) atoms. The summed E-state index contributed by atoms with van der Waals surface area (Å²) in [6.45, 7) is 7.37. The number of nitrogens with one attached hydrogen (secondary N) is 1. The topological polar surface area (TPSA) is 133 Å². The number of nitrogens with two attached hydrogens (primary N) is 1. The molecule has 2 atom stereocenters. The van der Waals surface area contributed by atoms with E-state index in [1.807, 2.05) is 27.7 Å². The third-order valence-electron chi connectivity index (χ3n) is 6.78. The average molecular weight is 603 g/mol.